The monoisotopic (exact) mass is 330 g/mol. The number of piperidine rings is 1. The van der Waals surface area contributed by atoms with Crippen molar-refractivity contribution in [2.45, 2.75) is 37.8 Å². The lowest BCUT2D eigenvalue weighted by Crippen LogP contribution is -2.41. The highest BCUT2D eigenvalue weighted by atomic mass is 19.1. The van der Waals surface area contributed by atoms with Gasteiger partial charge in [-0.2, -0.15) is 0 Å². The summed E-state index contributed by atoms with van der Waals surface area (Å²) < 4.78 is 26.3. The molecule has 0 aliphatic carbocycles. The number of hydrogen-bond acceptors (Lipinski definition) is 2. The van der Waals surface area contributed by atoms with Crippen LogP contribution in [0.5, 0.6) is 0 Å². The molecule has 2 N–H and O–H groups in total. The molecule has 2 aromatic carbocycles. The molecule has 0 bridgehead atoms. The van der Waals surface area contributed by atoms with Crippen LogP contribution in [0.25, 0.3) is 0 Å². The maximum absolute atomic E-state index is 13.3. The molecule has 4 heteroatoms. The predicted molar refractivity (Wildman–Crippen MR) is 92.6 cm³/mol. The molecule has 0 aromatic heterocycles. The number of benzene rings is 2. The number of hydrogen-bond donors (Lipinski definition) is 1. The van der Waals surface area contributed by atoms with E-state index in [-0.39, 0.29) is 23.7 Å². The van der Waals surface area contributed by atoms with Gasteiger partial charge in [-0.1, -0.05) is 24.3 Å². The van der Waals surface area contributed by atoms with Crippen molar-refractivity contribution in [3.05, 3.63) is 71.3 Å². The standard InChI is InChI=1S/C20H24F2N2/c21-17-6-1-15(2-7-17)3-10-20(16-4-8-18(22)9-5-16)24-13-11-19(23)12-14-24/h1-2,4-9,19-20H,3,10-14,23H2. The fourth-order valence-corrected chi connectivity index (χ4v) is 3.43. The molecule has 1 atom stereocenters. The van der Waals surface area contributed by atoms with Crippen molar-refractivity contribution in [2.75, 3.05) is 13.1 Å². The van der Waals surface area contributed by atoms with Crippen molar-refractivity contribution in [1.29, 1.82) is 0 Å². The molecule has 3 rings (SSSR count). The molecule has 1 fully saturated rings. The fraction of sp³-hybridized carbons (Fsp3) is 0.400. The molecule has 128 valence electrons. The summed E-state index contributed by atoms with van der Waals surface area (Å²) in [6.07, 6.45) is 3.78. The van der Waals surface area contributed by atoms with Crippen LogP contribution in [0.15, 0.2) is 48.5 Å². The summed E-state index contributed by atoms with van der Waals surface area (Å²) >= 11 is 0. The molecule has 1 aliphatic rings. The van der Waals surface area contributed by atoms with Crippen LogP contribution in [0, 0.1) is 11.6 Å². The van der Waals surface area contributed by atoms with Crippen molar-refractivity contribution in [1.82, 2.24) is 4.90 Å². The van der Waals surface area contributed by atoms with Gasteiger partial charge in [-0.3, -0.25) is 4.90 Å². The van der Waals surface area contributed by atoms with Gasteiger partial charge in [0.15, 0.2) is 0 Å². The van der Waals surface area contributed by atoms with Crippen molar-refractivity contribution < 1.29 is 8.78 Å². The van der Waals surface area contributed by atoms with E-state index in [1.54, 1.807) is 0 Å². The third kappa shape index (κ3) is 4.40. The van der Waals surface area contributed by atoms with Crippen LogP contribution in [0.4, 0.5) is 8.78 Å². The molecular weight excluding hydrogens is 306 g/mol. The molecule has 24 heavy (non-hydrogen) atoms. The van der Waals surface area contributed by atoms with Crippen molar-refractivity contribution >= 4 is 0 Å². The second-order valence-corrected chi connectivity index (χ2v) is 6.61. The van der Waals surface area contributed by atoms with Gasteiger partial charge in [-0.15, -0.1) is 0 Å². The van der Waals surface area contributed by atoms with E-state index in [0.29, 0.717) is 0 Å². The normalized spacial score (nSPS) is 17.8. The van der Waals surface area contributed by atoms with Crippen LogP contribution in [-0.2, 0) is 6.42 Å². The molecular formula is C20H24F2N2. The van der Waals surface area contributed by atoms with Crippen LogP contribution in [0.1, 0.15) is 36.4 Å². The minimum absolute atomic E-state index is 0.209. The van der Waals surface area contributed by atoms with E-state index in [9.17, 15) is 8.78 Å². The Kier molecular flexibility index (Phi) is 5.59. The highest BCUT2D eigenvalue weighted by Crippen LogP contribution is 2.29. The number of nitrogens with zero attached hydrogens (tertiary/aromatic N) is 1. The lowest BCUT2D eigenvalue weighted by Gasteiger charge is -2.37. The summed E-state index contributed by atoms with van der Waals surface area (Å²) in [5.74, 6) is -0.421. The van der Waals surface area contributed by atoms with Gasteiger partial charge in [-0.25, -0.2) is 8.78 Å². The zero-order valence-electron chi connectivity index (χ0n) is 13.8. The Morgan fingerprint density at radius 3 is 2.04 bits per heavy atom. The van der Waals surface area contributed by atoms with E-state index in [0.717, 1.165) is 49.9 Å². The third-order valence-electron chi connectivity index (χ3n) is 4.89. The van der Waals surface area contributed by atoms with E-state index in [4.69, 9.17) is 5.73 Å². The second kappa shape index (κ2) is 7.86. The van der Waals surface area contributed by atoms with E-state index in [1.165, 1.54) is 24.3 Å². The van der Waals surface area contributed by atoms with Gasteiger partial charge in [0.1, 0.15) is 11.6 Å². The first-order valence-electron chi connectivity index (χ1n) is 8.61. The molecule has 1 aliphatic heterocycles. The van der Waals surface area contributed by atoms with E-state index in [1.807, 2.05) is 24.3 Å². The molecule has 0 radical (unpaired) electrons. The summed E-state index contributed by atoms with van der Waals surface area (Å²) in [7, 11) is 0. The largest absolute Gasteiger partial charge is 0.328 e. The average molecular weight is 330 g/mol. The molecule has 2 nitrogen and oxygen atoms in total. The maximum Gasteiger partial charge on any atom is 0.123 e. The lowest BCUT2D eigenvalue weighted by atomic mass is 9.94. The number of aryl methyl sites for hydroxylation is 1. The Hall–Kier alpha value is -1.78. The van der Waals surface area contributed by atoms with Crippen molar-refractivity contribution in [2.24, 2.45) is 5.73 Å². The van der Waals surface area contributed by atoms with Crippen LogP contribution in [0.2, 0.25) is 0 Å². The smallest absolute Gasteiger partial charge is 0.123 e. The Bertz CT molecular complexity index is 632. The molecule has 0 saturated carbocycles. The Balaban J connectivity index is 1.73. The minimum atomic E-state index is -0.211. The van der Waals surface area contributed by atoms with Crippen LogP contribution in [0.3, 0.4) is 0 Å². The van der Waals surface area contributed by atoms with Gasteiger partial charge < -0.3 is 5.73 Å². The highest BCUT2D eigenvalue weighted by molar-refractivity contribution is 5.22. The van der Waals surface area contributed by atoms with Gasteiger partial charge >= 0.3 is 0 Å². The van der Waals surface area contributed by atoms with Crippen molar-refractivity contribution in [3.63, 3.8) is 0 Å². The van der Waals surface area contributed by atoms with Gasteiger partial charge in [0, 0.05) is 25.2 Å². The zero-order valence-corrected chi connectivity index (χ0v) is 13.8. The first-order chi connectivity index (χ1) is 11.6. The SMILES string of the molecule is NC1CCN(C(CCc2ccc(F)cc2)c2ccc(F)cc2)CC1. The number of nitrogens with two attached hydrogens (primary N) is 1. The first kappa shape index (κ1) is 17.1. The predicted octanol–water partition coefficient (Wildman–Crippen LogP) is 4.06. The van der Waals surface area contributed by atoms with E-state index in [2.05, 4.69) is 4.90 Å². The summed E-state index contributed by atoms with van der Waals surface area (Å²) in [4.78, 5) is 2.44. The lowest BCUT2D eigenvalue weighted by molar-refractivity contribution is 0.146. The summed E-state index contributed by atoms with van der Waals surface area (Å²) in [5.41, 5.74) is 8.28. The summed E-state index contributed by atoms with van der Waals surface area (Å²) in [6.45, 7) is 1.93. The first-order valence-corrected chi connectivity index (χ1v) is 8.61. The number of rotatable bonds is 5. The molecule has 2 aromatic rings. The molecule has 0 amide bonds. The van der Waals surface area contributed by atoms with Crippen LogP contribution >= 0.6 is 0 Å². The van der Waals surface area contributed by atoms with Gasteiger partial charge in [-0.05, 0) is 61.1 Å². The summed E-state index contributed by atoms with van der Waals surface area (Å²) in [6, 6.07) is 14.0. The Labute approximate surface area is 142 Å². The Morgan fingerprint density at radius 1 is 0.917 bits per heavy atom. The average Bonchev–Trinajstić information content (AvgIpc) is 2.59. The maximum atomic E-state index is 13.3. The molecule has 1 heterocycles. The number of halogens is 2. The third-order valence-corrected chi connectivity index (χ3v) is 4.89. The molecule has 1 unspecified atom stereocenters. The van der Waals surface area contributed by atoms with Gasteiger partial charge in [0.25, 0.3) is 0 Å². The second-order valence-electron chi connectivity index (χ2n) is 6.61. The van der Waals surface area contributed by atoms with E-state index < -0.39 is 0 Å². The Morgan fingerprint density at radius 2 is 1.46 bits per heavy atom. The van der Waals surface area contributed by atoms with Gasteiger partial charge in [0.2, 0.25) is 0 Å². The quantitative estimate of drug-likeness (QED) is 0.896. The topological polar surface area (TPSA) is 29.3 Å². The summed E-state index contributed by atoms with van der Waals surface area (Å²) in [5, 5.41) is 0. The van der Waals surface area contributed by atoms with Crippen molar-refractivity contribution in [3.8, 4) is 0 Å². The molecule has 1 saturated heterocycles. The molecule has 0 spiro atoms. The van der Waals surface area contributed by atoms with Gasteiger partial charge in [0.05, 0.1) is 0 Å². The highest BCUT2D eigenvalue weighted by Gasteiger charge is 2.24. The minimum Gasteiger partial charge on any atom is -0.328 e. The fourth-order valence-electron chi connectivity index (χ4n) is 3.43. The number of likely N-dealkylation sites (tertiary alicyclic amines) is 1. The zero-order chi connectivity index (χ0) is 16.9. The van der Waals surface area contributed by atoms with Crippen LogP contribution in [-0.4, -0.2) is 24.0 Å². The van der Waals surface area contributed by atoms with Crippen LogP contribution < -0.4 is 5.73 Å². The van der Waals surface area contributed by atoms with E-state index >= 15 is 0 Å².